The van der Waals surface area contributed by atoms with Crippen LogP contribution in [0.25, 0.3) is 0 Å². The van der Waals surface area contributed by atoms with Gasteiger partial charge in [0.05, 0.1) is 10.6 Å². The average Bonchev–Trinajstić information content (AvgIpc) is 2.49. The maximum absolute atomic E-state index is 12.5. The van der Waals surface area contributed by atoms with Crippen LogP contribution in [0, 0.1) is 0 Å². The summed E-state index contributed by atoms with van der Waals surface area (Å²) in [5, 5.41) is 0.340. The van der Waals surface area contributed by atoms with Crippen LogP contribution in [0.5, 0.6) is 0 Å². The summed E-state index contributed by atoms with van der Waals surface area (Å²) in [7, 11) is 0. The summed E-state index contributed by atoms with van der Waals surface area (Å²) >= 11 is 5.94. The molecule has 2 saturated heterocycles. The number of nitrogens with zero attached hydrogens (tertiary/aromatic N) is 3. The highest BCUT2D eigenvalue weighted by Crippen LogP contribution is 2.23. The van der Waals surface area contributed by atoms with E-state index in [4.69, 9.17) is 17.3 Å². The van der Waals surface area contributed by atoms with E-state index in [0.29, 0.717) is 16.6 Å². The summed E-state index contributed by atoms with van der Waals surface area (Å²) in [5.74, 6) is 0.268. The average molecular weight is 295 g/mol. The molecule has 2 aliphatic rings. The molecule has 2 aliphatic heterocycles. The Balaban J connectivity index is 1.72. The smallest absolute Gasteiger partial charge is 0.255 e. The zero-order valence-corrected chi connectivity index (χ0v) is 12.1. The summed E-state index contributed by atoms with van der Waals surface area (Å²) in [6, 6.07) is 2.12. The standard InChI is InChI=1S/C14H19ClN4O/c15-12-7-10(8-17-13(12)16)14(20)19-6-5-18-4-2-1-3-11(18)9-19/h7-8,11H,1-6,9H2,(H2,16,17). The lowest BCUT2D eigenvalue weighted by atomic mass is 9.99. The molecule has 1 amide bonds. The van der Waals surface area contributed by atoms with Gasteiger partial charge in [-0.05, 0) is 25.5 Å². The highest BCUT2D eigenvalue weighted by Gasteiger charge is 2.31. The van der Waals surface area contributed by atoms with E-state index in [2.05, 4.69) is 9.88 Å². The first-order valence-corrected chi connectivity index (χ1v) is 7.47. The number of piperazine rings is 1. The number of amides is 1. The Morgan fingerprint density at radius 1 is 1.35 bits per heavy atom. The Hall–Kier alpha value is -1.33. The third-order valence-electron chi connectivity index (χ3n) is 4.24. The number of piperidine rings is 1. The number of hydrogen-bond donors (Lipinski definition) is 1. The topological polar surface area (TPSA) is 62.5 Å². The molecule has 0 radical (unpaired) electrons. The summed E-state index contributed by atoms with van der Waals surface area (Å²) in [4.78, 5) is 20.9. The van der Waals surface area contributed by atoms with E-state index >= 15 is 0 Å². The minimum Gasteiger partial charge on any atom is -0.382 e. The molecule has 2 N–H and O–H groups in total. The summed E-state index contributed by atoms with van der Waals surface area (Å²) in [6.45, 7) is 3.71. The monoisotopic (exact) mass is 294 g/mol. The van der Waals surface area contributed by atoms with Gasteiger partial charge in [-0.3, -0.25) is 9.69 Å². The molecule has 0 saturated carbocycles. The predicted octanol–water partition coefficient (Wildman–Crippen LogP) is 1.63. The predicted molar refractivity (Wildman–Crippen MR) is 78.8 cm³/mol. The normalized spacial score (nSPS) is 23.4. The first-order valence-electron chi connectivity index (χ1n) is 7.09. The van der Waals surface area contributed by atoms with Crippen molar-refractivity contribution in [1.82, 2.24) is 14.8 Å². The SMILES string of the molecule is Nc1ncc(C(=O)N2CCN3CCCCC3C2)cc1Cl. The van der Waals surface area contributed by atoms with Crippen molar-refractivity contribution in [2.24, 2.45) is 0 Å². The highest BCUT2D eigenvalue weighted by molar-refractivity contribution is 6.33. The molecule has 1 unspecified atom stereocenters. The lowest BCUT2D eigenvalue weighted by Gasteiger charge is -2.44. The molecule has 6 heteroatoms. The number of carbonyl (C=O) groups excluding carboxylic acids is 1. The van der Waals surface area contributed by atoms with Crippen LogP contribution in [-0.2, 0) is 0 Å². The third kappa shape index (κ3) is 2.60. The first-order chi connectivity index (χ1) is 9.65. The van der Waals surface area contributed by atoms with Gasteiger partial charge in [-0.15, -0.1) is 0 Å². The zero-order chi connectivity index (χ0) is 14.1. The Morgan fingerprint density at radius 2 is 2.20 bits per heavy atom. The molecule has 3 heterocycles. The quantitative estimate of drug-likeness (QED) is 0.855. The molecule has 1 aromatic heterocycles. The van der Waals surface area contributed by atoms with Crippen molar-refractivity contribution in [1.29, 1.82) is 0 Å². The fraction of sp³-hybridized carbons (Fsp3) is 0.571. The number of hydrogen-bond acceptors (Lipinski definition) is 4. The van der Waals surface area contributed by atoms with Crippen molar-refractivity contribution in [2.45, 2.75) is 25.3 Å². The summed E-state index contributed by atoms with van der Waals surface area (Å²) in [5.41, 5.74) is 6.10. The number of anilines is 1. The lowest BCUT2D eigenvalue weighted by Crippen LogP contribution is -2.56. The number of rotatable bonds is 1. The van der Waals surface area contributed by atoms with Crippen molar-refractivity contribution in [2.75, 3.05) is 31.9 Å². The molecule has 20 heavy (non-hydrogen) atoms. The van der Waals surface area contributed by atoms with Crippen molar-refractivity contribution < 1.29 is 4.79 Å². The van der Waals surface area contributed by atoms with Crippen LogP contribution in [0.2, 0.25) is 5.02 Å². The molecule has 0 aliphatic carbocycles. The van der Waals surface area contributed by atoms with E-state index < -0.39 is 0 Å². The molecule has 1 atom stereocenters. The molecule has 5 nitrogen and oxygen atoms in total. The fourth-order valence-corrected chi connectivity index (χ4v) is 3.25. The van der Waals surface area contributed by atoms with Crippen molar-refractivity contribution in [3.63, 3.8) is 0 Å². The Morgan fingerprint density at radius 3 is 3.00 bits per heavy atom. The van der Waals surface area contributed by atoms with E-state index in [1.54, 1.807) is 6.07 Å². The second-order valence-electron chi connectivity index (χ2n) is 5.53. The Labute approximate surface area is 123 Å². The number of halogens is 1. The van der Waals surface area contributed by atoms with Gasteiger partial charge in [-0.25, -0.2) is 4.98 Å². The number of nitrogen functional groups attached to an aromatic ring is 1. The largest absolute Gasteiger partial charge is 0.382 e. The number of pyridine rings is 1. The molecule has 1 aromatic rings. The van der Waals surface area contributed by atoms with Gasteiger partial charge >= 0.3 is 0 Å². The van der Waals surface area contributed by atoms with E-state index in [1.807, 2.05) is 4.90 Å². The molecule has 2 fully saturated rings. The molecule has 3 rings (SSSR count). The van der Waals surface area contributed by atoms with Crippen LogP contribution in [0.4, 0.5) is 5.82 Å². The number of aromatic nitrogens is 1. The zero-order valence-electron chi connectivity index (χ0n) is 11.4. The van der Waals surface area contributed by atoms with Crippen molar-refractivity contribution in [3.8, 4) is 0 Å². The molecule has 0 bridgehead atoms. The Kier molecular flexibility index (Phi) is 3.81. The van der Waals surface area contributed by atoms with Gasteiger partial charge in [-0.1, -0.05) is 18.0 Å². The van der Waals surface area contributed by atoms with Gasteiger partial charge in [0.15, 0.2) is 0 Å². The lowest BCUT2D eigenvalue weighted by molar-refractivity contribution is 0.0372. The number of fused-ring (bicyclic) bond motifs is 1. The van der Waals surface area contributed by atoms with Crippen LogP contribution in [0.15, 0.2) is 12.3 Å². The van der Waals surface area contributed by atoms with Gasteiger partial charge in [0.2, 0.25) is 0 Å². The first kappa shape index (κ1) is 13.6. The fourth-order valence-electron chi connectivity index (χ4n) is 3.09. The van der Waals surface area contributed by atoms with Gasteiger partial charge in [0.25, 0.3) is 5.91 Å². The van der Waals surface area contributed by atoms with Crippen molar-refractivity contribution >= 4 is 23.3 Å². The molecule has 0 aromatic carbocycles. The van der Waals surface area contributed by atoms with E-state index in [9.17, 15) is 4.79 Å². The van der Waals surface area contributed by atoms with Crippen LogP contribution >= 0.6 is 11.6 Å². The molecular weight excluding hydrogens is 276 g/mol. The number of nitrogens with two attached hydrogens (primary N) is 1. The van der Waals surface area contributed by atoms with Crippen LogP contribution in [0.1, 0.15) is 29.6 Å². The van der Waals surface area contributed by atoms with E-state index in [-0.39, 0.29) is 11.7 Å². The highest BCUT2D eigenvalue weighted by atomic mass is 35.5. The van der Waals surface area contributed by atoms with E-state index in [0.717, 1.165) is 19.6 Å². The molecule has 0 spiro atoms. The van der Waals surface area contributed by atoms with Gasteiger partial charge in [0, 0.05) is 31.9 Å². The van der Waals surface area contributed by atoms with Gasteiger partial charge in [-0.2, -0.15) is 0 Å². The summed E-state index contributed by atoms with van der Waals surface area (Å²) in [6.07, 6.45) is 5.24. The maximum atomic E-state index is 12.5. The van der Waals surface area contributed by atoms with E-state index in [1.165, 1.54) is 32.0 Å². The van der Waals surface area contributed by atoms with Gasteiger partial charge < -0.3 is 10.6 Å². The number of carbonyl (C=O) groups is 1. The summed E-state index contributed by atoms with van der Waals surface area (Å²) < 4.78 is 0. The van der Waals surface area contributed by atoms with Crippen molar-refractivity contribution in [3.05, 3.63) is 22.8 Å². The minimum absolute atomic E-state index is 0.00428. The third-order valence-corrected chi connectivity index (χ3v) is 4.54. The maximum Gasteiger partial charge on any atom is 0.255 e. The Bertz CT molecular complexity index is 522. The van der Waals surface area contributed by atoms with Crippen LogP contribution < -0.4 is 5.73 Å². The second kappa shape index (κ2) is 5.58. The molecule has 108 valence electrons. The molecular formula is C14H19ClN4O. The second-order valence-corrected chi connectivity index (χ2v) is 5.93. The van der Waals surface area contributed by atoms with Crippen LogP contribution in [-0.4, -0.2) is 52.9 Å². The van der Waals surface area contributed by atoms with Crippen LogP contribution in [0.3, 0.4) is 0 Å². The van der Waals surface area contributed by atoms with Gasteiger partial charge in [0.1, 0.15) is 5.82 Å². The minimum atomic E-state index is 0.00428.